The minimum atomic E-state index is -4.59. The van der Waals surface area contributed by atoms with Gasteiger partial charge in [-0.3, -0.25) is 14.1 Å². The van der Waals surface area contributed by atoms with Gasteiger partial charge in [-0.15, -0.1) is 0 Å². The van der Waals surface area contributed by atoms with Gasteiger partial charge < -0.3 is 34.3 Å². The highest BCUT2D eigenvalue weighted by molar-refractivity contribution is 7.85. The van der Waals surface area contributed by atoms with Gasteiger partial charge >= 0.3 is 11.9 Å². The fourth-order valence-electron chi connectivity index (χ4n) is 5.56. The lowest BCUT2D eigenvalue weighted by atomic mass is 10.00. The predicted octanol–water partition coefficient (Wildman–Crippen LogP) is 5.39. The van der Waals surface area contributed by atoms with Gasteiger partial charge in [0.05, 0.1) is 6.61 Å². The third-order valence-corrected chi connectivity index (χ3v) is 9.19. The molecule has 12 nitrogen and oxygen atoms in total. The summed E-state index contributed by atoms with van der Waals surface area (Å²) in [4.78, 5) is 25.0. The van der Waals surface area contributed by atoms with E-state index < -0.39 is 71.2 Å². The van der Waals surface area contributed by atoms with Crippen LogP contribution in [-0.4, -0.2) is 96.0 Å². The van der Waals surface area contributed by atoms with Crippen LogP contribution >= 0.6 is 0 Å². The highest BCUT2D eigenvalue weighted by atomic mass is 32.2. The van der Waals surface area contributed by atoms with E-state index in [0.717, 1.165) is 38.5 Å². The monoisotopic (exact) mass is 696 g/mol. The first-order chi connectivity index (χ1) is 22.5. The van der Waals surface area contributed by atoms with E-state index in [-0.39, 0.29) is 19.4 Å². The van der Waals surface area contributed by atoms with E-state index in [9.17, 15) is 33.3 Å². The van der Waals surface area contributed by atoms with Crippen LogP contribution in [0.25, 0.3) is 0 Å². The number of unbranched alkanes of at least 4 members (excludes halogenated alkanes) is 17. The molecule has 0 spiro atoms. The summed E-state index contributed by atoms with van der Waals surface area (Å²) in [7, 11) is -4.59. The average molecular weight is 697 g/mol. The Balaban J connectivity index is 2.55. The van der Waals surface area contributed by atoms with Crippen LogP contribution in [0.3, 0.4) is 0 Å². The highest BCUT2D eigenvalue weighted by Crippen LogP contribution is 2.24. The summed E-state index contributed by atoms with van der Waals surface area (Å²) in [5.74, 6) is -1.98. The van der Waals surface area contributed by atoms with E-state index in [1.165, 1.54) is 70.6 Å². The van der Waals surface area contributed by atoms with E-state index in [4.69, 9.17) is 23.5 Å². The summed E-state index contributed by atoms with van der Waals surface area (Å²) in [6, 6.07) is 0. The van der Waals surface area contributed by atoms with Gasteiger partial charge in [0.2, 0.25) is 0 Å². The Morgan fingerprint density at radius 3 is 1.55 bits per heavy atom. The minimum absolute atomic E-state index is 0.169. The second kappa shape index (κ2) is 26.5. The molecule has 1 aliphatic rings. The van der Waals surface area contributed by atoms with Crippen molar-refractivity contribution in [3.05, 3.63) is 0 Å². The Kier molecular flexibility index (Phi) is 24.6. The molecule has 2 unspecified atom stereocenters. The molecule has 1 saturated heterocycles. The molecule has 0 amide bonds. The fourth-order valence-corrected chi connectivity index (χ4v) is 6.25. The summed E-state index contributed by atoms with van der Waals surface area (Å²) in [6.45, 7) is 3.67. The number of hydrogen-bond donors (Lipinski definition) is 4. The van der Waals surface area contributed by atoms with Gasteiger partial charge in [-0.05, 0) is 12.8 Å². The van der Waals surface area contributed by atoms with Crippen molar-refractivity contribution >= 4 is 22.1 Å². The van der Waals surface area contributed by atoms with Crippen molar-refractivity contribution in [2.75, 3.05) is 19.0 Å². The van der Waals surface area contributed by atoms with Crippen LogP contribution in [0.15, 0.2) is 0 Å². The number of rotatable bonds is 29. The third kappa shape index (κ3) is 22.1. The van der Waals surface area contributed by atoms with Gasteiger partial charge in [0, 0.05) is 12.8 Å². The average Bonchev–Trinajstić information content (AvgIpc) is 3.02. The molecular weight excluding hydrogens is 632 g/mol. The minimum Gasteiger partial charge on any atom is -0.462 e. The first-order valence-electron chi connectivity index (χ1n) is 18.1. The van der Waals surface area contributed by atoms with Gasteiger partial charge in [0.1, 0.15) is 36.8 Å². The lowest BCUT2D eigenvalue weighted by molar-refractivity contribution is -0.297. The molecule has 0 aliphatic carbocycles. The summed E-state index contributed by atoms with van der Waals surface area (Å²) < 4.78 is 53.6. The summed E-state index contributed by atoms with van der Waals surface area (Å²) in [5, 5.41) is 30.6. The molecule has 0 bridgehead atoms. The first-order valence-corrected chi connectivity index (χ1v) is 19.7. The highest BCUT2D eigenvalue weighted by Gasteiger charge is 2.46. The fraction of sp³-hybridized carbons (Fsp3) is 0.941. The van der Waals surface area contributed by atoms with Crippen molar-refractivity contribution in [2.24, 2.45) is 0 Å². The van der Waals surface area contributed by atoms with Crippen molar-refractivity contribution in [1.29, 1.82) is 0 Å². The molecule has 278 valence electrons. The second-order valence-electron chi connectivity index (χ2n) is 12.9. The maximum absolute atomic E-state index is 12.6. The molecule has 13 heteroatoms. The van der Waals surface area contributed by atoms with Crippen LogP contribution in [0.2, 0.25) is 0 Å². The number of aliphatic hydroxyl groups excluding tert-OH is 3. The molecule has 0 aromatic heterocycles. The zero-order chi connectivity index (χ0) is 34.9. The molecule has 6 atom stereocenters. The van der Waals surface area contributed by atoms with E-state index in [1.807, 2.05) is 0 Å². The van der Waals surface area contributed by atoms with Crippen LogP contribution in [0.1, 0.15) is 149 Å². The maximum atomic E-state index is 12.6. The number of esters is 2. The Bertz CT molecular complexity index is 915. The molecular formula is C34H64O12S. The Morgan fingerprint density at radius 1 is 0.638 bits per heavy atom. The maximum Gasteiger partial charge on any atom is 0.306 e. The molecule has 4 N–H and O–H groups in total. The number of carbonyl (C=O) groups is 2. The number of aliphatic hydroxyl groups is 3. The molecule has 0 aromatic carbocycles. The smallest absolute Gasteiger partial charge is 0.306 e. The molecule has 1 rings (SSSR count). The quantitative estimate of drug-likeness (QED) is 0.0445. The summed E-state index contributed by atoms with van der Waals surface area (Å²) in [6.07, 6.45) is 11.9. The van der Waals surface area contributed by atoms with Crippen molar-refractivity contribution in [2.45, 2.75) is 185 Å². The summed E-state index contributed by atoms with van der Waals surface area (Å²) >= 11 is 0. The SMILES string of the molecule is CCCCCCCCCCCCCC(=O)OC[C@H](CO[C@H]1O[C@H](CS(=O)(=O)O)[C@@H](O)C(O)C1O)OC(=O)CCCCCCCCCC. The van der Waals surface area contributed by atoms with E-state index in [1.54, 1.807) is 0 Å². The van der Waals surface area contributed by atoms with Gasteiger partial charge in [-0.2, -0.15) is 8.42 Å². The van der Waals surface area contributed by atoms with Crippen molar-refractivity contribution in [3.8, 4) is 0 Å². The second-order valence-corrected chi connectivity index (χ2v) is 14.4. The van der Waals surface area contributed by atoms with Crippen molar-refractivity contribution in [1.82, 2.24) is 0 Å². The predicted molar refractivity (Wildman–Crippen MR) is 178 cm³/mol. The largest absolute Gasteiger partial charge is 0.462 e. The molecule has 1 fully saturated rings. The van der Waals surface area contributed by atoms with E-state index in [0.29, 0.717) is 12.8 Å². The topological polar surface area (TPSA) is 186 Å². The standard InChI is InChI=1S/C34H64O12S/c1-3-5-7-9-11-13-14-15-17-18-20-22-29(35)43-24-27(45-30(36)23-21-19-16-12-10-8-6-4-2)25-44-34-33(39)32(38)31(37)28(46-34)26-47(40,41)42/h27-28,31-34,37-39H,3-26H2,1-2H3,(H,40,41,42)/t27-,28-,31-,32?,33?,34+/m1/s1. The molecule has 1 heterocycles. The van der Waals surface area contributed by atoms with Crippen LogP contribution < -0.4 is 0 Å². The van der Waals surface area contributed by atoms with Crippen LogP contribution in [0.5, 0.6) is 0 Å². The van der Waals surface area contributed by atoms with Gasteiger partial charge in [0.15, 0.2) is 12.4 Å². The van der Waals surface area contributed by atoms with E-state index in [2.05, 4.69) is 13.8 Å². The van der Waals surface area contributed by atoms with Crippen LogP contribution in [0, 0.1) is 0 Å². The molecule has 47 heavy (non-hydrogen) atoms. The zero-order valence-electron chi connectivity index (χ0n) is 28.9. The molecule has 0 saturated carbocycles. The number of ether oxygens (including phenoxy) is 4. The number of carbonyl (C=O) groups excluding carboxylic acids is 2. The van der Waals surface area contributed by atoms with Gasteiger partial charge in [0.25, 0.3) is 10.1 Å². The molecule has 1 aliphatic heterocycles. The lowest BCUT2D eigenvalue weighted by Gasteiger charge is -2.40. The Morgan fingerprint density at radius 2 is 1.09 bits per heavy atom. The molecule has 0 aromatic rings. The van der Waals surface area contributed by atoms with E-state index >= 15 is 0 Å². The zero-order valence-corrected chi connectivity index (χ0v) is 29.7. The van der Waals surface area contributed by atoms with Crippen molar-refractivity contribution in [3.63, 3.8) is 0 Å². The normalized spacial score (nSPS) is 22.2. The third-order valence-electron chi connectivity index (χ3n) is 8.44. The van der Waals surface area contributed by atoms with Crippen LogP contribution in [-0.2, 0) is 38.7 Å². The van der Waals surface area contributed by atoms with Gasteiger partial charge in [-0.25, -0.2) is 0 Å². The van der Waals surface area contributed by atoms with Crippen molar-refractivity contribution < 1.29 is 56.8 Å². The Hall–Kier alpha value is -1.35. The number of hydrogen-bond acceptors (Lipinski definition) is 11. The first kappa shape index (κ1) is 43.7. The summed E-state index contributed by atoms with van der Waals surface area (Å²) in [5.41, 5.74) is 0. The van der Waals surface area contributed by atoms with Gasteiger partial charge in [-0.1, -0.05) is 123 Å². The van der Waals surface area contributed by atoms with Crippen LogP contribution in [0.4, 0.5) is 0 Å². The molecule has 0 radical (unpaired) electrons. The Labute approximate surface area is 283 Å². The lowest BCUT2D eigenvalue weighted by Crippen LogP contribution is -2.60.